The second kappa shape index (κ2) is 4.30. The summed E-state index contributed by atoms with van der Waals surface area (Å²) in [6.07, 6.45) is 1.20. The summed E-state index contributed by atoms with van der Waals surface area (Å²) in [5, 5.41) is 19.6. The predicted octanol–water partition coefficient (Wildman–Crippen LogP) is -1.62. The van der Waals surface area contributed by atoms with E-state index < -0.39 is 41.9 Å². The number of aliphatic hydroxyl groups is 2. The second-order valence-electron chi connectivity index (χ2n) is 4.95. The van der Waals surface area contributed by atoms with E-state index in [1.54, 1.807) is 6.92 Å². The largest absolute Gasteiger partial charge is 0.491 e. The average molecular weight is 282 g/mol. The standard InChI is InChI=1S/C12H14N2O6/c1-6-4-14(11(18)13-9(6)17)10-7-8(16)12(5-15,20-10)2-3-19-7/h2-4,7-8,10,15-16H,5H2,1H3,(H,13,17,18)/t7?,8-,10-,12-/m1/s1. The molecule has 8 heteroatoms. The molecule has 2 aliphatic heterocycles. The third-order valence-corrected chi connectivity index (χ3v) is 3.69. The number of fused-ring (bicyclic) bond motifs is 2. The Bertz CT molecular complexity index is 677. The number of hydrogen-bond donors (Lipinski definition) is 3. The van der Waals surface area contributed by atoms with Gasteiger partial charge in [-0.3, -0.25) is 14.3 Å². The molecular formula is C12H14N2O6. The van der Waals surface area contributed by atoms with Crippen molar-refractivity contribution in [2.75, 3.05) is 6.61 Å². The molecule has 0 radical (unpaired) electrons. The number of aliphatic hydroxyl groups excluding tert-OH is 2. The highest BCUT2D eigenvalue weighted by molar-refractivity contribution is 5.16. The van der Waals surface area contributed by atoms with Crippen molar-refractivity contribution >= 4 is 0 Å². The van der Waals surface area contributed by atoms with Crippen molar-refractivity contribution in [1.82, 2.24) is 9.55 Å². The number of hydrogen-bond acceptors (Lipinski definition) is 6. The fraction of sp³-hybridized carbons (Fsp3) is 0.500. The Morgan fingerprint density at radius 3 is 2.90 bits per heavy atom. The van der Waals surface area contributed by atoms with Gasteiger partial charge in [0.25, 0.3) is 5.56 Å². The zero-order valence-electron chi connectivity index (χ0n) is 10.6. The Labute approximate surface area is 112 Å². The molecule has 20 heavy (non-hydrogen) atoms. The number of H-pyrrole nitrogens is 1. The smallest absolute Gasteiger partial charge is 0.330 e. The third-order valence-electron chi connectivity index (χ3n) is 3.69. The van der Waals surface area contributed by atoms with Gasteiger partial charge in [0, 0.05) is 11.8 Å². The zero-order valence-corrected chi connectivity index (χ0v) is 10.6. The first-order chi connectivity index (χ1) is 9.48. The van der Waals surface area contributed by atoms with Crippen LogP contribution in [0.3, 0.4) is 0 Å². The normalized spacial score (nSPS) is 35.0. The second-order valence-corrected chi connectivity index (χ2v) is 4.95. The van der Waals surface area contributed by atoms with Crippen LogP contribution in [0.25, 0.3) is 0 Å². The number of nitrogens with zero attached hydrogens (tertiary/aromatic N) is 1. The Hall–Kier alpha value is -1.90. The Morgan fingerprint density at radius 2 is 2.25 bits per heavy atom. The molecule has 1 aromatic heterocycles. The summed E-state index contributed by atoms with van der Waals surface area (Å²) in [7, 11) is 0. The van der Waals surface area contributed by atoms with Crippen molar-refractivity contribution in [2.45, 2.75) is 31.0 Å². The number of aromatic nitrogens is 2. The van der Waals surface area contributed by atoms with Crippen molar-refractivity contribution in [2.24, 2.45) is 0 Å². The molecule has 4 atom stereocenters. The molecule has 3 heterocycles. The van der Waals surface area contributed by atoms with E-state index in [1.165, 1.54) is 18.5 Å². The Balaban J connectivity index is 2.08. The Morgan fingerprint density at radius 1 is 1.50 bits per heavy atom. The molecule has 2 aliphatic rings. The molecule has 3 rings (SSSR count). The van der Waals surface area contributed by atoms with E-state index in [2.05, 4.69) is 4.98 Å². The highest BCUT2D eigenvalue weighted by Crippen LogP contribution is 2.41. The minimum atomic E-state index is -1.29. The molecule has 0 saturated carbocycles. The maximum Gasteiger partial charge on any atom is 0.330 e. The SMILES string of the molecule is Cc1cn([C@@H]2O[C@@]3(CO)C=COC2[C@H]3O)c(=O)[nH]c1=O. The molecule has 2 bridgehead atoms. The molecule has 3 N–H and O–H groups in total. The zero-order chi connectivity index (χ0) is 14.5. The van der Waals surface area contributed by atoms with Crippen molar-refractivity contribution in [3.05, 3.63) is 44.9 Å². The van der Waals surface area contributed by atoms with E-state index >= 15 is 0 Å². The summed E-state index contributed by atoms with van der Waals surface area (Å²) in [5.74, 6) is 0. The average Bonchev–Trinajstić information content (AvgIpc) is 2.60. The summed E-state index contributed by atoms with van der Waals surface area (Å²) >= 11 is 0. The van der Waals surface area contributed by atoms with Crippen LogP contribution < -0.4 is 11.2 Å². The van der Waals surface area contributed by atoms with Crippen molar-refractivity contribution in [1.29, 1.82) is 0 Å². The molecule has 1 unspecified atom stereocenters. The maximum absolute atomic E-state index is 11.9. The van der Waals surface area contributed by atoms with Crippen molar-refractivity contribution < 1.29 is 19.7 Å². The van der Waals surface area contributed by atoms with E-state index in [0.29, 0.717) is 5.56 Å². The monoisotopic (exact) mass is 282 g/mol. The Kier molecular flexibility index (Phi) is 2.82. The van der Waals surface area contributed by atoms with E-state index in [-0.39, 0.29) is 0 Å². The number of ether oxygens (including phenoxy) is 2. The van der Waals surface area contributed by atoms with Crippen LogP contribution in [0.1, 0.15) is 11.8 Å². The lowest BCUT2D eigenvalue weighted by Gasteiger charge is -2.29. The molecule has 0 aromatic carbocycles. The van der Waals surface area contributed by atoms with Gasteiger partial charge in [-0.05, 0) is 13.0 Å². The lowest BCUT2D eigenvalue weighted by atomic mass is 9.94. The quantitative estimate of drug-likeness (QED) is 0.600. The first kappa shape index (κ1) is 13.1. The lowest BCUT2D eigenvalue weighted by Crippen LogP contribution is -2.47. The number of aromatic amines is 1. The fourth-order valence-electron chi connectivity index (χ4n) is 2.49. The fourth-order valence-corrected chi connectivity index (χ4v) is 2.49. The summed E-state index contributed by atoms with van der Waals surface area (Å²) in [6.45, 7) is 1.10. The summed E-state index contributed by atoms with van der Waals surface area (Å²) in [6, 6.07) is 0. The minimum absolute atomic E-state index is 0.329. The summed E-state index contributed by atoms with van der Waals surface area (Å²) < 4.78 is 12.1. The number of rotatable bonds is 2. The van der Waals surface area contributed by atoms with Gasteiger partial charge in [-0.25, -0.2) is 4.79 Å². The van der Waals surface area contributed by atoms with Gasteiger partial charge in [-0.2, -0.15) is 0 Å². The van der Waals surface area contributed by atoms with Crippen LogP contribution >= 0.6 is 0 Å². The van der Waals surface area contributed by atoms with E-state index in [1.807, 2.05) is 0 Å². The van der Waals surface area contributed by atoms with E-state index in [0.717, 1.165) is 4.57 Å². The summed E-state index contributed by atoms with van der Waals surface area (Å²) in [4.78, 5) is 25.4. The van der Waals surface area contributed by atoms with Crippen molar-refractivity contribution in [3.8, 4) is 0 Å². The minimum Gasteiger partial charge on any atom is -0.491 e. The van der Waals surface area contributed by atoms with Gasteiger partial charge in [-0.15, -0.1) is 0 Å². The highest BCUT2D eigenvalue weighted by Gasteiger charge is 2.57. The molecule has 0 amide bonds. The van der Waals surface area contributed by atoms with Crippen molar-refractivity contribution in [3.63, 3.8) is 0 Å². The molecule has 1 saturated heterocycles. The lowest BCUT2D eigenvalue weighted by molar-refractivity contribution is -0.0972. The molecule has 1 aromatic rings. The summed E-state index contributed by atoms with van der Waals surface area (Å²) in [5.41, 5.74) is -2.11. The van der Waals surface area contributed by atoms with Crippen LogP contribution in [-0.2, 0) is 9.47 Å². The van der Waals surface area contributed by atoms with Gasteiger partial charge in [0.05, 0.1) is 12.9 Å². The van der Waals surface area contributed by atoms with Gasteiger partial charge in [0.1, 0.15) is 11.7 Å². The first-order valence-corrected chi connectivity index (χ1v) is 6.10. The topological polar surface area (TPSA) is 114 Å². The molecule has 8 nitrogen and oxygen atoms in total. The van der Waals surface area contributed by atoms with Gasteiger partial charge >= 0.3 is 5.69 Å². The van der Waals surface area contributed by atoms with Gasteiger partial charge in [0.2, 0.25) is 0 Å². The molecule has 108 valence electrons. The van der Waals surface area contributed by atoms with E-state index in [4.69, 9.17) is 9.47 Å². The van der Waals surface area contributed by atoms with Crippen LogP contribution in [0.2, 0.25) is 0 Å². The van der Waals surface area contributed by atoms with Gasteiger partial charge in [0.15, 0.2) is 12.3 Å². The van der Waals surface area contributed by atoms with Crippen LogP contribution in [0.5, 0.6) is 0 Å². The van der Waals surface area contributed by atoms with Crippen LogP contribution in [0, 0.1) is 6.92 Å². The van der Waals surface area contributed by atoms with Crippen LogP contribution in [-0.4, -0.2) is 44.2 Å². The molecule has 0 aliphatic carbocycles. The number of nitrogens with one attached hydrogen (secondary N) is 1. The van der Waals surface area contributed by atoms with Gasteiger partial charge in [-0.1, -0.05) is 0 Å². The highest BCUT2D eigenvalue weighted by atomic mass is 16.6. The van der Waals surface area contributed by atoms with Crippen LogP contribution in [0.15, 0.2) is 28.1 Å². The van der Waals surface area contributed by atoms with Gasteiger partial charge < -0.3 is 19.7 Å². The number of aryl methyl sites for hydroxylation is 1. The molecular weight excluding hydrogens is 268 g/mol. The molecule has 0 spiro atoms. The first-order valence-electron chi connectivity index (χ1n) is 6.10. The molecule has 1 fully saturated rings. The third kappa shape index (κ3) is 1.65. The van der Waals surface area contributed by atoms with Crippen LogP contribution in [0.4, 0.5) is 0 Å². The predicted molar refractivity (Wildman–Crippen MR) is 66.0 cm³/mol. The van der Waals surface area contributed by atoms with E-state index in [9.17, 15) is 19.8 Å². The maximum atomic E-state index is 11.9.